The lowest BCUT2D eigenvalue weighted by Gasteiger charge is -2.32. The number of carbonyl (C=O) groups excluding carboxylic acids is 2. The minimum absolute atomic E-state index is 0.0250. The average Bonchev–Trinajstić information content (AvgIpc) is 3.47. The number of para-hydroxylation sites is 1. The van der Waals surface area contributed by atoms with Crippen molar-refractivity contribution in [3.8, 4) is 0 Å². The predicted octanol–water partition coefficient (Wildman–Crippen LogP) is 4.22. The molecule has 0 atom stereocenters. The van der Waals surface area contributed by atoms with Gasteiger partial charge in [0.25, 0.3) is 0 Å². The second kappa shape index (κ2) is 9.92. The highest BCUT2D eigenvalue weighted by atomic mass is 32.1. The number of aromatic nitrogens is 1. The molecule has 2 fully saturated rings. The molecular weight excluding hydrogens is 408 g/mol. The van der Waals surface area contributed by atoms with Crippen LogP contribution in [0.5, 0.6) is 0 Å². The van der Waals surface area contributed by atoms with Crippen molar-refractivity contribution in [3.05, 3.63) is 40.9 Å². The van der Waals surface area contributed by atoms with E-state index >= 15 is 0 Å². The number of hydrogen-bond acceptors (Lipinski definition) is 5. The van der Waals surface area contributed by atoms with E-state index in [4.69, 9.17) is 4.98 Å². The van der Waals surface area contributed by atoms with Gasteiger partial charge in [-0.25, -0.2) is 4.98 Å². The van der Waals surface area contributed by atoms with Gasteiger partial charge >= 0.3 is 0 Å². The number of benzene rings is 1. The van der Waals surface area contributed by atoms with Gasteiger partial charge in [0.1, 0.15) is 0 Å². The summed E-state index contributed by atoms with van der Waals surface area (Å²) in [5.41, 5.74) is 3.04. The maximum absolute atomic E-state index is 12.7. The SMILES string of the molecule is CCc1ccccc1N(C(C)=O)c1nc(CN2CCC(C(=O)N3CCCC3)CC2)cs1. The van der Waals surface area contributed by atoms with Gasteiger partial charge in [0.2, 0.25) is 11.8 Å². The lowest BCUT2D eigenvalue weighted by molar-refractivity contribution is -0.136. The first-order valence-electron chi connectivity index (χ1n) is 11.4. The number of rotatable bonds is 6. The minimum atomic E-state index is -0.0250. The van der Waals surface area contributed by atoms with Crippen LogP contribution in [0.4, 0.5) is 10.8 Å². The quantitative estimate of drug-likeness (QED) is 0.675. The molecule has 1 aromatic carbocycles. The molecule has 6 nitrogen and oxygen atoms in total. The molecule has 2 amide bonds. The normalized spacial score (nSPS) is 17.8. The van der Waals surface area contributed by atoms with E-state index in [1.165, 1.54) is 11.3 Å². The molecule has 7 heteroatoms. The molecule has 0 spiro atoms. The van der Waals surface area contributed by atoms with Gasteiger partial charge in [-0.2, -0.15) is 0 Å². The number of likely N-dealkylation sites (tertiary alicyclic amines) is 2. The van der Waals surface area contributed by atoms with E-state index in [1.807, 2.05) is 18.2 Å². The molecule has 2 aromatic rings. The van der Waals surface area contributed by atoms with Crippen LogP contribution in [0.3, 0.4) is 0 Å². The first-order chi connectivity index (χ1) is 15.1. The van der Waals surface area contributed by atoms with Crippen LogP contribution in [-0.4, -0.2) is 52.8 Å². The molecular formula is C24H32N4O2S. The number of thiazole rings is 1. The van der Waals surface area contributed by atoms with Crippen LogP contribution >= 0.6 is 11.3 Å². The minimum Gasteiger partial charge on any atom is -0.342 e. The lowest BCUT2D eigenvalue weighted by Crippen LogP contribution is -2.41. The summed E-state index contributed by atoms with van der Waals surface area (Å²) in [5.74, 6) is 0.516. The fourth-order valence-electron chi connectivity index (χ4n) is 4.67. The van der Waals surface area contributed by atoms with Gasteiger partial charge in [-0.05, 0) is 56.8 Å². The molecule has 2 aliphatic rings. The smallest absolute Gasteiger partial charge is 0.230 e. The van der Waals surface area contributed by atoms with Crippen molar-refractivity contribution in [2.24, 2.45) is 5.92 Å². The summed E-state index contributed by atoms with van der Waals surface area (Å²) in [6, 6.07) is 8.02. The van der Waals surface area contributed by atoms with E-state index in [9.17, 15) is 9.59 Å². The largest absolute Gasteiger partial charge is 0.342 e. The van der Waals surface area contributed by atoms with E-state index in [2.05, 4.69) is 28.2 Å². The molecule has 31 heavy (non-hydrogen) atoms. The van der Waals surface area contributed by atoms with Gasteiger partial charge < -0.3 is 4.90 Å². The standard InChI is InChI=1S/C24H32N4O2S/c1-3-19-8-4-5-9-22(19)28(18(2)29)24-25-21(17-31-24)16-26-14-10-20(11-15-26)23(30)27-12-6-7-13-27/h4-5,8-9,17,20H,3,6-7,10-16H2,1-2H3. The van der Waals surface area contributed by atoms with Gasteiger partial charge in [-0.1, -0.05) is 25.1 Å². The molecule has 0 N–H and O–H groups in total. The number of piperidine rings is 1. The zero-order chi connectivity index (χ0) is 21.8. The third kappa shape index (κ3) is 4.99. The van der Waals surface area contributed by atoms with Crippen molar-refractivity contribution in [2.45, 2.75) is 52.5 Å². The summed E-state index contributed by atoms with van der Waals surface area (Å²) in [7, 11) is 0. The van der Waals surface area contributed by atoms with Gasteiger partial charge in [0.05, 0.1) is 11.4 Å². The third-order valence-electron chi connectivity index (χ3n) is 6.40. The number of carbonyl (C=O) groups is 2. The summed E-state index contributed by atoms with van der Waals surface area (Å²) in [4.78, 5) is 36.1. The van der Waals surface area contributed by atoms with Crippen molar-refractivity contribution in [2.75, 3.05) is 31.1 Å². The fraction of sp³-hybridized carbons (Fsp3) is 0.542. The van der Waals surface area contributed by atoms with E-state index in [-0.39, 0.29) is 11.8 Å². The van der Waals surface area contributed by atoms with Crippen LogP contribution in [0, 0.1) is 5.92 Å². The van der Waals surface area contributed by atoms with Crippen molar-refractivity contribution in [1.82, 2.24) is 14.8 Å². The van der Waals surface area contributed by atoms with E-state index < -0.39 is 0 Å². The predicted molar refractivity (Wildman–Crippen MR) is 125 cm³/mol. The Morgan fingerprint density at radius 3 is 2.52 bits per heavy atom. The first-order valence-corrected chi connectivity index (χ1v) is 12.3. The zero-order valence-electron chi connectivity index (χ0n) is 18.5. The monoisotopic (exact) mass is 440 g/mol. The van der Waals surface area contributed by atoms with Gasteiger partial charge in [0, 0.05) is 37.9 Å². The van der Waals surface area contributed by atoms with E-state index in [1.54, 1.807) is 11.8 Å². The Balaban J connectivity index is 1.38. The average molecular weight is 441 g/mol. The Hall–Kier alpha value is -2.25. The summed E-state index contributed by atoms with van der Waals surface area (Å²) < 4.78 is 0. The van der Waals surface area contributed by atoms with Crippen molar-refractivity contribution in [1.29, 1.82) is 0 Å². The third-order valence-corrected chi connectivity index (χ3v) is 7.27. The maximum Gasteiger partial charge on any atom is 0.230 e. The summed E-state index contributed by atoms with van der Waals surface area (Å²) in [5, 5.41) is 2.78. The Morgan fingerprint density at radius 2 is 1.84 bits per heavy atom. The van der Waals surface area contributed by atoms with Gasteiger partial charge in [-0.3, -0.25) is 19.4 Å². The molecule has 0 bridgehead atoms. The number of amides is 2. The van der Waals surface area contributed by atoms with Crippen LogP contribution in [-0.2, 0) is 22.6 Å². The molecule has 3 heterocycles. The van der Waals surface area contributed by atoms with Crippen molar-refractivity contribution in [3.63, 3.8) is 0 Å². The lowest BCUT2D eigenvalue weighted by atomic mass is 9.95. The Bertz CT molecular complexity index is 914. The van der Waals surface area contributed by atoms with Crippen LogP contribution in [0.2, 0.25) is 0 Å². The summed E-state index contributed by atoms with van der Waals surface area (Å²) in [6.07, 6.45) is 5.02. The number of anilines is 2. The molecule has 0 radical (unpaired) electrons. The number of aryl methyl sites for hydroxylation is 1. The number of hydrogen-bond donors (Lipinski definition) is 0. The Kier molecular flexibility index (Phi) is 7.02. The van der Waals surface area contributed by atoms with Gasteiger partial charge in [0.15, 0.2) is 5.13 Å². The van der Waals surface area contributed by atoms with E-state index in [0.29, 0.717) is 5.91 Å². The van der Waals surface area contributed by atoms with Crippen LogP contribution < -0.4 is 4.90 Å². The zero-order valence-corrected chi connectivity index (χ0v) is 19.4. The van der Waals surface area contributed by atoms with Crippen molar-refractivity contribution < 1.29 is 9.59 Å². The second-order valence-corrected chi connectivity index (χ2v) is 9.38. The molecule has 166 valence electrons. The van der Waals surface area contributed by atoms with Gasteiger partial charge in [-0.15, -0.1) is 11.3 Å². The van der Waals surface area contributed by atoms with Crippen LogP contribution in [0.15, 0.2) is 29.6 Å². The molecule has 0 unspecified atom stereocenters. The van der Waals surface area contributed by atoms with E-state index in [0.717, 1.165) is 86.9 Å². The fourth-order valence-corrected chi connectivity index (χ4v) is 5.54. The molecule has 1 aromatic heterocycles. The highest BCUT2D eigenvalue weighted by Crippen LogP contribution is 2.32. The molecule has 2 saturated heterocycles. The summed E-state index contributed by atoms with van der Waals surface area (Å²) in [6.45, 7) is 8.18. The summed E-state index contributed by atoms with van der Waals surface area (Å²) >= 11 is 1.52. The molecule has 2 aliphatic heterocycles. The number of nitrogens with zero attached hydrogens (tertiary/aromatic N) is 4. The molecule has 0 saturated carbocycles. The Morgan fingerprint density at radius 1 is 1.13 bits per heavy atom. The van der Waals surface area contributed by atoms with Crippen LogP contribution in [0.25, 0.3) is 0 Å². The van der Waals surface area contributed by atoms with Crippen molar-refractivity contribution >= 4 is 34.0 Å². The first kappa shape index (κ1) is 22.0. The maximum atomic E-state index is 12.7. The topological polar surface area (TPSA) is 56.8 Å². The Labute approximate surface area is 188 Å². The highest BCUT2D eigenvalue weighted by Gasteiger charge is 2.30. The highest BCUT2D eigenvalue weighted by molar-refractivity contribution is 7.14. The molecule has 4 rings (SSSR count). The second-order valence-electron chi connectivity index (χ2n) is 8.54. The molecule has 0 aliphatic carbocycles. The van der Waals surface area contributed by atoms with Crippen LogP contribution in [0.1, 0.15) is 50.8 Å².